The number of carbonyl (C=O) groups excluding carboxylic acids is 2. The first-order valence-corrected chi connectivity index (χ1v) is 9.85. The van der Waals surface area contributed by atoms with E-state index >= 15 is 0 Å². The number of amides is 1. The second-order valence-corrected chi connectivity index (χ2v) is 7.60. The molecule has 1 amide bonds. The van der Waals surface area contributed by atoms with Crippen molar-refractivity contribution in [3.05, 3.63) is 82.1 Å². The standard InChI is InChI=1S/C22H18ClF2N3O2/c23-15-8-9-17(16(10-15)21(30)14-4-2-1-3-5-14)26-20(29)12-28-19(22(24)25)11-18(27-28)13-6-7-13/h1-5,8-11,13,22H,6-7,12H2,(H,26,29). The number of rotatable bonds is 7. The summed E-state index contributed by atoms with van der Waals surface area (Å²) in [4.78, 5) is 25.4. The number of benzene rings is 2. The lowest BCUT2D eigenvalue weighted by Gasteiger charge is -2.12. The van der Waals surface area contributed by atoms with Crippen molar-refractivity contribution >= 4 is 29.0 Å². The van der Waals surface area contributed by atoms with E-state index in [2.05, 4.69) is 10.4 Å². The van der Waals surface area contributed by atoms with Crippen LogP contribution in [0.15, 0.2) is 54.6 Å². The molecule has 1 saturated carbocycles. The van der Waals surface area contributed by atoms with Gasteiger partial charge in [-0.3, -0.25) is 14.3 Å². The van der Waals surface area contributed by atoms with Crippen molar-refractivity contribution in [3.63, 3.8) is 0 Å². The van der Waals surface area contributed by atoms with Crippen LogP contribution >= 0.6 is 11.6 Å². The Labute approximate surface area is 176 Å². The number of anilines is 1. The highest BCUT2D eigenvalue weighted by Gasteiger charge is 2.29. The van der Waals surface area contributed by atoms with Crippen molar-refractivity contribution in [2.75, 3.05) is 5.32 Å². The normalized spacial score (nSPS) is 13.5. The van der Waals surface area contributed by atoms with Gasteiger partial charge in [0, 0.05) is 22.1 Å². The number of aromatic nitrogens is 2. The Bertz CT molecular complexity index is 1100. The van der Waals surface area contributed by atoms with Crippen LogP contribution in [0.25, 0.3) is 0 Å². The topological polar surface area (TPSA) is 64.0 Å². The maximum Gasteiger partial charge on any atom is 0.280 e. The molecule has 5 nitrogen and oxygen atoms in total. The molecule has 0 atom stereocenters. The lowest BCUT2D eigenvalue weighted by molar-refractivity contribution is -0.117. The number of halogens is 3. The Morgan fingerprint density at radius 1 is 1.13 bits per heavy atom. The summed E-state index contributed by atoms with van der Waals surface area (Å²) in [5.74, 6) is -0.679. The predicted octanol–water partition coefficient (Wildman–Crippen LogP) is 5.22. The Hall–Kier alpha value is -3.06. The summed E-state index contributed by atoms with van der Waals surface area (Å²) in [6, 6.07) is 14.5. The van der Waals surface area contributed by atoms with Crippen LogP contribution in [0.3, 0.4) is 0 Å². The van der Waals surface area contributed by atoms with E-state index in [1.54, 1.807) is 36.4 Å². The molecule has 2 aromatic carbocycles. The zero-order chi connectivity index (χ0) is 21.3. The summed E-state index contributed by atoms with van der Waals surface area (Å²) < 4.78 is 27.7. The van der Waals surface area contributed by atoms with Gasteiger partial charge in [-0.1, -0.05) is 41.9 Å². The molecular formula is C22H18ClF2N3O2. The molecule has 1 aromatic heterocycles. The Morgan fingerprint density at radius 3 is 2.53 bits per heavy atom. The fourth-order valence-corrected chi connectivity index (χ4v) is 3.39. The highest BCUT2D eigenvalue weighted by molar-refractivity contribution is 6.31. The molecule has 4 rings (SSSR count). The lowest BCUT2D eigenvalue weighted by Crippen LogP contribution is -2.22. The number of nitrogens with zero attached hydrogens (tertiary/aromatic N) is 2. The van der Waals surface area contributed by atoms with Crippen molar-refractivity contribution in [1.82, 2.24) is 9.78 Å². The van der Waals surface area contributed by atoms with Crippen LogP contribution in [-0.4, -0.2) is 21.5 Å². The van der Waals surface area contributed by atoms with Crippen molar-refractivity contribution in [1.29, 1.82) is 0 Å². The molecule has 0 spiro atoms. The van der Waals surface area contributed by atoms with Crippen molar-refractivity contribution in [3.8, 4) is 0 Å². The molecule has 3 aromatic rings. The number of alkyl halides is 2. The van der Waals surface area contributed by atoms with E-state index in [4.69, 9.17) is 11.6 Å². The van der Waals surface area contributed by atoms with Gasteiger partial charge < -0.3 is 5.32 Å². The third-order valence-corrected chi connectivity index (χ3v) is 5.11. The maximum atomic E-state index is 13.4. The van der Waals surface area contributed by atoms with Gasteiger partial charge in [-0.15, -0.1) is 0 Å². The Morgan fingerprint density at radius 2 is 1.87 bits per heavy atom. The number of nitrogens with one attached hydrogen (secondary N) is 1. The highest BCUT2D eigenvalue weighted by atomic mass is 35.5. The number of carbonyl (C=O) groups is 2. The minimum Gasteiger partial charge on any atom is -0.324 e. The monoisotopic (exact) mass is 429 g/mol. The van der Waals surface area contributed by atoms with Gasteiger partial charge in [0.15, 0.2) is 5.78 Å². The lowest BCUT2D eigenvalue weighted by atomic mass is 10.0. The molecule has 0 aliphatic heterocycles. The molecule has 1 fully saturated rings. The van der Waals surface area contributed by atoms with Gasteiger partial charge in [0.2, 0.25) is 5.91 Å². The first-order chi connectivity index (χ1) is 14.4. The zero-order valence-electron chi connectivity index (χ0n) is 15.8. The van der Waals surface area contributed by atoms with E-state index in [0.29, 0.717) is 16.3 Å². The van der Waals surface area contributed by atoms with E-state index in [-0.39, 0.29) is 35.2 Å². The zero-order valence-corrected chi connectivity index (χ0v) is 16.6. The van der Waals surface area contributed by atoms with E-state index < -0.39 is 12.3 Å². The van der Waals surface area contributed by atoms with Gasteiger partial charge >= 0.3 is 0 Å². The fourth-order valence-electron chi connectivity index (χ4n) is 3.22. The summed E-state index contributed by atoms with van der Waals surface area (Å²) >= 11 is 6.05. The highest BCUT2D eigenvalue weighted by Crippen LogP contribution is 2.40. The molecule has 1 aliphatic rings. The average molecular weight is 430 g/mol. The van der Waals surface area contributed by atoms with Crippen molar-refractivity contribution < 1.29 is 18.4 Å². The van der Waals surface area contributed by atoms with Crippen LogP contribution in [0.1, 0.15) is 52.5 Å². The predicted molar refractivity (Wildman–Crippen MR) is 109 cm³/mol. The van der Waals surface area contributed by atoms with E-state index in [1.807, 2.05) is 0 Å². The first kappa shape index (κ1) is 20.2. The van der Waals surface area contributed by atoms with Crippen LogP contribution in [0.5, 0.6) is 0 Å². The van der Waals surface area contributed by atoms with Crippen LogP contribution in [0, 0.1) is 0 Å². The smallest absolute Gasteiger partial charge is 0.280 e. The molecular weight excluding hydrogens is 412 g/mol. The molecule has 154 valence electrons. The molecule has 0 saturated heterocycles. The minimum absolute atomic E-state index is 0.193. The van der Waals surface area contributed by atoms with Crippen molar-refractivity contribution in [2.24, 2.45) is 0 Å². The maximum absolute atomic E-state index is 13.4. The van der Waals surface area contributed by atoms with Crippen LogP contribution in [-0.2, 0) is 11.3 Å². The summed E-state index contributed by atoms with van der Waals surface area (Å²) in [6.45, 7) is -0.381. The quantitative estimate of drug-likeness (QED) is 0.523. The minimum atomic E-state index is -2.73. The molecule has 8 heteroatoms. The molecule has 0 radical (unpaired) electrons. The number of ketones is 1. The Balaban J connectivity index is 1.56. The van der Waals surface area contributed by atoms with Crippen LogP contribution in [0.4, 0.5) is 14.5 Å². The summed E-state index contributed by atoms with van der Waals surface area (Å²) in [7, 11) is 0. The van der Waals surface area contributed by atoms with Gasteiger partial charge in [-0.2, -0.15) is 5.10 Å². The molecule has 1 aliphatic carbocycles. The van der Waals surface area contributed by atoms with Gasteiger partial charge in [0.05, 0.1) is 11.4 Å². The van der Waals surface area contributed by atoms with Crippen molar-refractivity contribution in [2.45, 2.75) is 31.7 Å². The second-order valence-electron chi connectivity index (χ2n) is 7.16. The number of hydrogen-bond acceptors (Lipinski definition) is 3. The molecule has 0 unspecified atom stereocenters. The second kappa shape index (κ2) is 8.36. The van der Waals surface area contributed by atoms with E-state index in [1.165, 1.54) is 18.2 Å². The molecule has 1 heterocycles. The van der Waals surface area contributed by atoms with E-state index in [0.717, 1.165) is 17.5 Å². The van der Waals surface area contributed by atoms with Gasteiger partial charge in [-0.25, -0.2) is 8.78 Å². The molecule has 30 heavy (non-hydrogen) atoms. The summed E-state index contributed by atoms with van der Waals surface area (Å²) in [5.41, 5.74) is 1.21. The third-order valence-electron chi connectivity index (χ3n) is 4.88. The fraction of sp³-hybridized carbons (Fsp3) is 0.227. The van der Waals surface area contributed by atoms with E-state index in [9.17, 15) is 18.4 Å². The van der Waals surface area contributed by atoms with Gasteiger partial charge in [-0.05, 0) is 37.1 Å². The Kier molecular flexibility index (Phi) is 5.63. The summed E-state index contributed by atoms with van der Waals surface area (Å²) in [5, 5.41) is 7.16. The third kappa shape index (κ3) is 4.41. The SMILES string of the molecule is O=C(Cn1nc(C2CC2)cc1C(F)F)Nc1ccc(Cl)cc1C(=O)c1ccccc1. The molecule has 1 N–H and O–H groups in total. The van der Waals surface area contributed by atoms with Gasteiger partial charge in [0.25, 0.3) is 6.43 Å². The van der Waals surface area contributed by atoms with Crippen LogP contribution < -0.4 is 5.32 Å². The summed E-state index contributed by atoms with van der Waals surface area (Å²) in [6.07, 6.45) is -0.896. The number of hydrogen-bond donors (Lipinski definition) is 1. The first-order valence-electron chi connectivity index (χ1n) is 9.47. The molecule has 0 bridgehead atoms. The van der Waals surface area contributed by atoms with Gasteiger partial charge in [0.1, 0.15) is 12.2 Å². The van der Waals surface area contributed by atoms with Crippen LogP contribution in [0.2, 0.25) is 5.02 Å². The largest absolute Gasteiger partial charge is 0.324 e. The average Bonchev–Trinajstić information content (AvgIpc) is 3.50.